The second-order valence-corrected chi connectivity index (χ2v) is 5.09. The van der Waals surface area contributed by atoms with Crippen molar-refractivity contribution in [1.82, 2.24) is 9.55 Å². The van der Waals surface area contributed by atoms with Gasteiger partial charge in [0.05, 0.1) is 28.3 Å². The molecule has 3 aromatic rings. The summed E-state index contributed by atoms with van der Waals surface area (Å²) in [6.45, 7) is 0. The number of aromatic nitrogens is 2. The van der Waals surface area contributed by atoms with Gasteiger partial charge in [0.2, 0.25) is 5.95 Å². The smallest absolute Gasteiger partial charge is 0.206 e. The van der Waals surface area contributed by atoms with E-state index in [4.69, 9.17) is 10.5 Å². The molecule has 0 aliphatic heterocycles. The highest BCUT2D eigenvalue weighted by molar-refractivity contribution is 9.10. The molecule has 0 fully saturated rings. The van der Waals surface area contributed by atoms with Gasteiger partial charge >= 0.3 is 0 Å². The number of hydrogen-bond donors (Lipinski definition) is 1. The molecule has 2 aromatic carbocycles. The third kappa shape index (κ3) is 1.92. The number of rotatable bonds is 2. The molecule has 0 unspecified atom stereocenters. The zero-order valence-corrected chi connectivity index (χ0v) is 12.2. The van der Waals surface area contributed by atoms with E-state index in [9.17, 15) is 4.39 Å². The normalized spacial score (nSPS) is 10.9. The molecule has 2 N–H and O–H groups in total. The van der Waals surface area contributed by atoms with Crippen LogP contribution < -0.4 is 10.5 Å². The Morgan fingerprint density at radius 1 is 1.30 bits per heavy atom. The van der Waals surface area contributed by atoms with E-state index in [1.807, 2.05) is 24.3 Å². The molecule has 4 nitrogen and oxygen atoms in total. The lowest BCUT2D eigenvalue weighted by Gasteiger charge is -2.11. The fourth-order valence-electron chi connectivity index (χ4n) is 2.16. The quantitative estimate of drug-likeness (QED) is 0.779. The maximum absolute atomic E-state index is 13.6. The van der Waals surface area contributed by atoms with Crippen molar-refractivity contribution in [3.63, 3.8) is 0 Å². The Labute approximate surface area is 123 Å². The van der Waals surface area contributed by atoms with Gasteiger partial charge in [0.1, 0.15) is 11.6 Å². The zero-order valence-electron chi connectivity index (χ0n) is 10.6. The van der Waals surface area contributed by atoms with Gasteiger partial charge in [-0.1, -0.05) is 12.1 Å². The van der Waals surface area contributed by atoms with Crippen molar-refractivity contribution in [1.29, 1.82) is 0 Å². The topological polar surface area (TPSA) is 53.1 Å². The molecule has 102 valence electrons. The molecule has 0 saturated heterocycles. The van der Waals surface area contributed by atoms with E-state index in [0.717, 1.165) is 5.69 Å². The van der Waals surface area contributed by atoms with E-state index in [1.54, 1.807) is 17.7 Å². The summed E-state index contributed by atoms with van der Waals surface area (Å²) in [7, 11) is 1.59. The summed E-state index contributed by atoms with van der Waals surface area (Å²) in [6, 6.07) is 10.4. The number of hydrogen-bond acceptors (Lipinski definition) is 3. The molecule has 1 heterocycles. The Bertz CT molecular complexity index is 800. The third-order valence-corrected chi connectivity index (χ3v) is 3.66. The Balaban J connectivity index is 2.36. The number of para-hydroxylation sites is 2. The van der Waals surface area contributed by atoms with E-state index in [-0.39, 0.29) is 11.8 Å². The van der Waals surface area contributed by atoms with Crippen molar-refractivity contribution in [2.75, 3.05) is 12.8 Å². The molecular weight excluding hydrogens is 325 g/mol. The van der Waals surface area contributed by atoms with E-state index < -0.39 is 0 Å². The number of methoxy groups -OCH3 is 1. The Morgan fingerprint density at radius 2 is 2.05 bits per heavy atom. The summed E-state index contributed by atoms with van der Waals surface area (Å²) in [5.74, 6) is 0.572. The minimum Gasteiger partial charge on any atom is -0.495 e. The molecule has 1 aromatic heterocycles. The van der Waals surface area contributed by atoms with Crippen LogP contribution in [0.2, 0.25) is 0 Å². The molecule has 0 saturated carbocycles. The third-order valence-electron chi connectivity index (χ3n) is 3.05. The van der Waals surface area contributed by atoms with Crippen LogP contribution in [0.5, 0.6) is 5.75 Å². The van der Waals surface area contributed by atoms with Gasteiger partial charge in [-0.2, -0.15) is 0 Å². The number of fused-ring (bicyclic) bond motifs is 1. The van der Waals surface area contributed by atoms with Gasteiger partial charge in [-0.3, -0.25) is 4.57 Å². The van der Waals surface area contributed by atoms with Gasteiger partial charge in [-0.15, -0.1) is 0 Å². The van der Waals surface area contributed by atoms with Crippen LogP contribution in [-0.2, 0) is 0 Å². The van der Waals surface area contributed by atoms with Crippen LogP contribution >= 0.6 is 15.9 Å². The average Bonchev–Trinajstić information content (AvgIpc) is 2.74. The van der Waals surface area contributed by atoms with Crippen molar-refractivity contribution in [3.05, 3.63) is 46.7 Å². The lowest BCUT2D eigenvalue weighted by molar-refractivity contribution is 0.413. The summed E-state index contributed by atoms with van der Waals surface area (Å²) in [6.07, 6.45) is 0. The van der Waals surface area contributed by atoms with Crippen molar-refractivity contribution in [3.8, 4) is 11.4 Å². The van der Waals surface area contributed by atoms with Crippen LogP contribution in [0.4, 0.5) is 10.3 Å². The molecule has 0 atom stereocenters. The molecule has 0 spiro atoms. The lowest BCUT2D eigenvalue weighted by Crippen LogP contribution is -2.02. The molecule has 0 amide bonds. The van der Waals surface area contributed by atoms with Crippen LogP contribution in [0.25, 0.3) is 16.7 Å². The lowest BCUT2D eigenvalue weighted by atomic mass is 10.2. The van der Waals surface area contributed by atoms with Gasteiger partial charge in [-0.25, -0.2) is 9.37 Å². The van der Waals surface area contributed by atoms with Crippen LogP contribution in [-0.4, -0.2) is 16.7 Å². The number of imidazole rings is 1. The SMILES string of the molecule is COc1ccccc1-n1c(N)nc2cc(F)c(Br)cc21. The van der Waals surface area contributed by atoms with Gasteiger partial charge < -0.3 is 10.5 Å². The maximum Gasteiger partial charge on any atom is 0.206 e. The van der Waals surface area contributed by atoms with Crippen LogP contribution in [0.15, 0.2) is 40.9 Å². The van der Waals surface area contributed by atoms with Crippen LogP contribution in [0.1, 0.15) is 0 Å². The number of nitrogens with zero attached hydrogens (tertiary/aromatic N) is 2. The summed E-state index contributed by atoms with van der Waals surface area (Å²) in [4.78, 5) is 4.19. The van der Waals surface area contributed by atoms with Crippen LogP contribution in [0.3, 0.4) is 0 Å². The predicted octanol–water partition coefficient (Wildman–Crippen LogP) is 3.52. The predicted molar refractivity (Wildman–Crippen MR) is 79.7 cm³/mol. The fourth-order valence-corrected chi connectivity index (χ4v) is 2.49. The number of halogens is 2. The van der Waals surface area contributed by atoms with Crippen molar-refractivity contribution >= 4 is 32.9 Å². The van der Waals surface area contributed by atoms with Gasteiger partial charge in [0, 0.05) is 6.07 Å². The standard InChI is InChI=1S/C14H11BrFN3O/c1-20-13-5-3-2-4-11(13)19-12-6-8(15)9(16)7-10(12)18-14(19)17/h2-7H,1H3,(H2,17,18). The molecule has 3 rings (SSSR count). The summed E-state index contributed by atoms with van der Waals surface area (Å²) in [5.41, 5.74) is 7.93. The average molecular weight is 336 g/mol. The van der Waals surface area contributed by atoms with E-state index in [2.05, 4.69) is 20.9 Å². The first-order valence-electron chi connectivity index (χ1n) is 5.88. The molecular formula is C14H11BrFN3O. The fraction of sp³-hybridized carbons (Fsp3) is 0.0714. The van der Waals surface area contributed by atoms with Gasteiger partial charge in [-0.05, 0) is 34.1 Å². The van der Waals surface area contributed by atoms with E-state index >= 15 is 0 Å². The van der Waals surface area contributed by atoms with Gasteiger partial charge in [0.15, 0.2) is 0 Å². The Hall–Kier alpha value is -2.08. The second kappa shape index (κ2) is 4.79. The Kier molecular flexibility index (Phi) is 3.10. The minimum absolute atomic E-state index is 0.280. The van der Waals surface area contributed by atoms with Crippen molar-refractivity contribution < 1.29 is 9.13 Å². The molecule has 6 heteroatoms. The highest BCUT2D eigenvalue weighted by Gasteiger charge is 2.15. The summed E-state index contributed by atoms with van der Waals surface area (Å²) in [5, 5.41) is 0. The molecule has 0 aliphatic carbocycles. The Morgan fingerprint density at radius 3 is 2.80 bits per heavy atom. The number of anilines is 1. The second-order valence-electron chi connectivity index (χ2n) is 4.23. The number of nitrogen functional groups attached to an aromatic ring is 1. The first-order valence-corrected chi connectivity index (χ1v) is 6.67. The first kappa shape index (κ1) is 12.9. The highest BCUT2D eigenvalue weighted by Crippen LogP contribution is 2.31. The monoisotopic (exact) mass is 335 g/mol. The molecule has 0 bridgehead atoms. The highest BCUT2D eigenvalue weighted by atomic mass is 79.9. The molecule has 20 heavy (non-hydrogen) atoms. The van der Waals surface area contributed by atoms with Crippen molar-refractivity contribution in [2.24, 2.45) is 0 Å². The number of benzene rings is 2. The maximum atomic E-state index is 13.6. The first-order chi connectivity index (χ1) is 9.61. The summed E-state index contributed by atoms with van der Waals surface area (Å²) >= 11 is 3.18. The number of nitrogens with two attached hydrogens (primary N) is 1. The van der Waals surface area contributed by atoms with Gasteiger partial charge in [0.25, 0.3) is 0 Å². The largest absolute Gasteiger partial charge is 0.495 e. The molecule has 0 aliphatic rings. The van der Waals surface area contributed by atoms with E-state index in [1.165, 1.54) is 6.07 Å². The van der Waals surface area contributed by atoms with Crippen molar-refractivity contribution in [2.45, 2.75) is 0 Å². The van der Waals surface area contributed by atoms with E-state index in [0.29, 0.717) is 21.3 Å². The number of ether oxygens (including phenoxy) is 1. The van der Waals surface area contributed by atoms with Crippen LogP contribution in [0, 0.1) is 5.82 Å². The minimum atomic E-state index is -0.373. The summed E-state index contributed by atoms with van der Waals surface area (Å²) < 4.78 is 21.0. The zero-order chi connectivity index (χ0) is 14.3. The molecule has 0 radical (unpaired) electrons.